The molecule has 8 atom stereocenters. The third kappa shape index (κ3) is 2.06. The van der Waals surface area contributed by atoms with E-state index >= 15 is 0 Å². The molecule has 24 heavy (non-hydrogen) atoms. The number of rotatable bonds is 1. The predicted octanol–water partition coefficient (Wildman–Crippen LogP) is 3.77. The summed E-state index contributed by atoms with van der Waals surface area (Å²) in [4.78, 5) is 24.6. The molecule has 0 unspecified atom stereocenters. The van der Waals surface area contributed by atoms with Crippen LogP contribution in [-0.2, 0) is 9.59 Å². The molecule has 0 aromatic rings. The average molecular weight is 332 g/mol. The van der Waals surface area contributed by atoms with Crippen molar-refractivity contribution in [1.82, 2.24) is 0 Å². The number of fused-ring (bicyclic) bond motifs is 5. The molecule has 4 aliphatic carbocycles. The van der Waals surface area contributed by atoms with Crippen LogP contribution in [0.4, 0.5) is 0 Å². The second kappa shape index (κ2) is 5.40. The molecule has 3 nitrogen and oxygen atoms in total. The quantitative estimate of drug-likeness (QED) is 0.795. The maximum Gasteiger partial charge on any atom is 0.161 e. The van der Waals surface area contributed by atoms with E-state index < -0.39 is 6.10 Å². The monoisotopic (exact) mass is 332 g/mol. The zero-order chi connectivity index (χ0) is 17.3. The van der Waals surface area contributed by atoms with Crippen LogP contribution in [0.5, 0.6) is 0 Å². The molecule has 134 valence electrons. The normalized spacial score (nSPS) is 54.2. The number of hydrogen-bond donors (Lipinski definition) is 1. The van der Waals surface area contributed by atoms with Gasteiger partial charge in [0.1, 0.15) is 11.9 Å². The maximum atomic E-state index is 12.6. The first kappa shape index (κ1) is 16.8. The van der Waals surface area contributed by atoms with Crippen molar-refractivity contribution < 1.29 is 14.7 Å². The van der Waals surface area contributed by atoms with Gasteiger partial charge in [0.15, 0.2) is 5.78 Å². The van der Waals surface area contributed by atoms with Crippen LogP contribution >= 0.6 is 0 Å². The van der Waals surface area contributed by atoms with Crippen LogP contribution in [0, 0.1) is 40.4 Å². The third-order valence-corrected chi connectivity index (χ3v) is 8.97. The molecule has 0 bridgehead atoms. The highest BCUT2D eigenvalue weighted by Crippen LogP contribution is 2.66. The Morgan fingerprint density at radius 1 is 1.00 bits per heavy atom. The molecule has 0 heterocycles. The fourth-order valence-electron chi connectivity index (χ4n) is 7.68. The van der Waals surface area contributed by atoms with Crippen LogP contribution in [0.3, 0.4) is 0 Å². The summed E-state index contributed by atoms with van der Waals surface area (Å²) in [5.74, 6) is 2.98. The minimum Gasteiger partial charge on any atom is -0.385 e. The molecular formula is C21H32O3. The second-order valence-corrected chi connectivity index (χ2v) is 9.72. The number of hydrogen-bond acceptors (Lipinski definition) is 3. The Morgan fingerprint density at radius 3 is 2.46 bits per heavy atom. The number of carbonyl (C=O) groups excluding carboxylic acids is 2. The van der Waals surface area contributed by atoms with E-state index in [2.05, 4.69) is 20.8 Å². The van der Waals surface area contributed by atoms with Crippen LogP contribution in [0.15, 0.2) is 0 Å². The molecule has 4 aliphatic rings. The van der Waals surface area contributed by atoms with Crippen molar-refractivity contribution in [2.24, 2.45) is 40.4 Å². The summed E-state index contributed by atoms with van der Waals surface area (Å²) >= 11 is 0. The lowest BCUT2D eigenvalue weighted by Crippen LogP contribution is -2.55. The first-order chi connectivity index (χ1) is 11.3. The van der Waals surface area contributed by atoms with Gasteiger partial charge in [0, 0.05) is 18.8 Å². The zero-order valence-corrected chi connectivity index (χ0v) is 15.4. The van der Waals surface area contributed by atoms with Crippen molar-refractivity contribution in [1.29, 1.82) is 0 Å². The van der Waals surface area contributed by atoms with Gasteiger partial charge in [-0.05, 0) is 73.0 Å². The molecule has 3 heteroatoms. The Bertz CT molecular complexity index is 569. The van der Waals surface area contributed by atoms with E-state index in [0.29, 0.717) is 42.3 Å². The van der Waals surface area contributed by atoms with Gasteiger partial charge in [0.2, 0.25) is 0 Å². The van der Waals surface area contributed by atoms with Crippen molar-refractivity contribution in [2.45, 2.75) is 78.2 Å². The van der Waals surface area contributed by atoms with Crippen LogP contribution in [0.2, 0.25) is 0 Å². The molecule has 0 saturated heterocycles. The zero-order valence-electron chi connectivity index (χ0n) is 15.4. The Kier molecular flexibility index (Phi) is 3.77. The lowest BCUT2D eigenvalue weighted by atomic mass is 9.44. The van der Waals surface area contributed by atoms with Crippen LogP contribution < -0.4 is 0 Å². The second-order valence-electron chi connectivity index (χ2n) is 9.72. The molecule has 0 radical (unpaired) electrons. The van der Waals surface area contributed by atoms with Gasteiger partial charge in [0.05, 0.1) is 0 Å². The van der Waals surface area contributed by atoms with Gasteiger partial charge in [-0.25, -0.2) is 0 Å². The molecule has 0 spiro atoms. The van der Waals surface area contributed by atoms with Crippen molar-refractivity contribution in [3.63, 3.8) is 0 Å². The molecule has 4 rings (SSSR count). The molecular weight excluding hydrogens is 300 g/mol. The highest BCUT2D eigenvalue weighted by atomic mass is 16.3. The molecule has 1 N–H and O–H groups in total. The summed E-state index contributed by atoms with van der Waals surface area (Å²) in [6, 6.07) is 0. The molecule has 0 amide bonds. The lowest BCUT2D eigenvalue weighted by Gasteiger charge is -2.60. The summed E-state index contributed by atoms with van der Waals surface area (Å²) in [6.45, 7) is 6.88. The van der Waals surface area contributed by atoms with Crippen molar-refractivity contribution in [3.8, 4) is 0 Å². The Morgan fingerprint density at radius 2 is 1.75 bits per heavy atom. The maximum absolute atomic E-state index is 12.6. The van der Waals surface area contributed by atoms with Gasteiger partial charge in [-0.3, -0.25) is 9.59 Å². The van der Waals surface area contributed by atoms with Gasteiger partial charge in [-0.15, -0.1) is 0 Å². The van der Waals surface area contributed by atoms with Gasteiger partial charge >= 0.3 is 0 Å². The number of ketones is 2. The average Bonchev–Trinajstić information content (AvgIpc) is 2.78. The molecule has 4 saturated carbocycles. The third-order valence-electron chi connectivity index (χ3n) is 8.97. The predicted molar refractivity (Wildman–Crippen MR) is 92.3 cm³/mol. The SMILES string of the molecule is CC[C@H]1C(=O)C[C@H]2[C@@H]3CC[C@H]4CC(=O)[C@H](O)C[C@]4(C)[C@H]3CC[C@]12C. The Balaban J connectivity index is 1.65. The number of aliphatic hydroxyl groups excluding tert-OH is 1. The number of carbonyl (C=O) groups is 2. The van der Waals surface area contributed by atoms with Gasteiger partial charge < -0.3 is 5.11 Å². The van der Waals surface area contributed by atoms with E-state index in [1.165, 1.54) is 12.8 Å². The van der Waals surface area contributed by atoms with Crippen molar-refractivity contribution in [2.75, 3.05) is 0 Å². The van der Waals surface area contributed by atoms with Gasteiger partial charge in [-0.2, -0.15) is 0 Å². The fraction of sp³-hybridized carbons (Fsp3) is 0.905. The van der Waals surface area contributed by atoms with Gasteiger partial charge in [0.25, 0.3) is 0 Å². The summed E-state index contributed by atoms with van der Waals surface area (Å²) in [5.41, 5.74) is 0.282. The minimum absolute atomic E-state index is 0.0543. The van der Waals surface area contributed by atoms with E-state index in [1.54, 1.807) is 0 Å². The van der Waals surface area contributed by atoms with Crippen molar-refractivity contribution in [3.05, 3.63) is 0 Å². The summed E-state index contributed by atoms with van der Waals surface area (Å²) < 4.78 is 0. The Labute approximate surface area is 145 Å². The highest BCUT2D eigenvalue weighted by Gasteiger charge is 2.62. The highest BCUT2D eigenvalue weighted by molar-refractivity contribution is 5.85. The van der Waals surface area contributed by atoms with Crippen LogP contribution in [0.25, 0.3) is 0 Å². The smallest absolute Gasteiger partial charge is 0.161 e. The van der Waals surface area contributed by atoms with Crippen LogP contribution in [-0.4, -0.2) is 22.8 Å². The molecule has 4 fully saturated rings. The summed E-state index contributed by atoms with van der Waals surface area (Å²) in [6.07, 6.45) is 6.82. The van der Waals surface area contributed by atoms with E-state index in [0.717, 1.165) is 25.7 Å². The molecule has 0 aromatic heterocycles. The standard InChI is InChI=1S/C21H32O3/c1-4-14-17(22)10-16-13-6-5-12-9-18(23)19(24)11-21(12,3)15(13)7-8-20(14,16)2/h12-16,19,24H,4-11H2,1-3H3/t12-,13+,14-,15-,16-,19+,20+,21-/m0/s1. The van der Waals surface area contributed by atoms with E-state index in [1.807, 2.05) is 0 Å². The number of aliphatic hydroxyl groups is 1. The fourth-order valence-corrected chi connectivity index (χ4v) is 7.68. The first-order valence-electron chi connectivity index (χ1n) is 10.0. The lowest BCUT2D eigenvalue weighted by molar-refractivity contribution is -0.155. The molecule has 0 aromatic carbocycles. The topological polar surface area (TPSA) is 54.4 Å². The van der Waals surface area contributed by atoms with Crippen molar-refractivity contribution >= 4 is 11.6 Å². The van der Waals surface area contributed by atoms with E-state index in [9.17, 15) is 14.7 Å². The summed E-state index contributed by atoms with van der Waals surface area (Å²) in [7, 11) is 0. The van der Waals surface area contributed by atoms with E-state index in [4.69, 9.17) is 0 Å². The van der Waals surface area contributed by atoms with E-state index in [-0.39, 0.29) is 22.5 Å². The van der Waals surface area contributed by atoms with Crippen LogP contribution in [0.1, 0.15) is 72.1 Å². The minimum atomic E-state index is -0.757. The summed E-state index contributed by atoms with van der Waals surface area (Å²) in [5, 5.41) is 10.2. The first-order valence-corrected chi connectivity index (χ1v) is 10.0. The van der Waals surface area contributed by atoms with Gasteiger partial charge in [-0.1, -0.05) is 20.8 Å². The molecule has 0 aliphatic heterocycles. The largest absolute Gasteiger partial charge is 0.385 e. The Hall–Kier alpha value is -0.700. The number of Topliss-reactive ketones (excluding diaryl/α,β-unsaturated/α-hetero) is 2.